The molecule has 0 atom stereocenters. The summed E-state index contributed by atoms with van der Waals surface area (Å²) in [4.78, 5) is 21.3. The maximum atomic E-state index is 11.2. The third-order valence-electron chi connectivity index (χ3n) is 1.90. The Kier molecular flexibility index (Phi) is 8.13. The molecule has 0 aromatic rings. The van der Waals surface area contributed by atoms with Gasteiger partial charge in [-0.2, -0.15) is 0 Å². The van der Waals surface area contributed by atoms with E-state index in [9.17, 15) is 9.59 Å². The van der Waals surface area contributed by atoms with E-state index in [1.54, 1.807) is 7.11 Å². The summed E-state index contributed by atoms with van der Waals surface area (Å²) in [5.41, 5.74) is 0. The van der Waals surface area contributed by atoms with Crippen LogP contribution >= 0.6 is 0 Å². The van der Waals surface area contributed by atoms with Crippen molar-refractivity contribution >= 4 is 11.8 Å². The average molecular weight is 202 g/mol. The SMILES string of the molecule is COCCCCC(=O)CCCC(=O)O. The minimum Gasteiger partial charge on any atom is -0.481 e. The molecule has 0 aliphatic rings. The number of carbonyl (C=O) groups excluding carboxylic acids is 1. The van der Waals surface area contributed by atoms with Crippen LogP contribution in [0.15, 0.2) is 0 Å². The number of aliphatic carboxylic acids is 1. The monoisotopic (exact) mass is 202 g/mol. The van der Waals surface area contributed by atoms with Gasteiger partial charge in [-0.25, -0.2) is 0 Å². The van der Waals surface area contributed by atoms with Crippen molar-refractivity contribution in [2.24, 2.45) is 0 Å². The zero-order valence-corrected chi connectivity index (χ0v) is 8.62. The fraction of sp³-hybridized carbons (Fsp3) is 0.800. The molecule has 0 aliphatic heterocycles. The summed E-state index contributed by atoms with van der Waals surface area (Å²) < 4.78 is 4.85. The number of carbonyl (C=O) groups is 2. The van der Waals surface area contributed by atoms with E-state index in [1.165, 1.54) is 0 Å². The van der Waals surface area contributed by atoms with Crippen LogP contribution in [0.1, 0.15) is 38.5 Å². The molecular weight excluding hydrogens is 184 g/mol. The first-order valence-corrected chi connectivity index (χ1v) is 4.89. The van der Waals surface area contributed by atoms with E-state index in [0.717, 1.165) is 12.8 Å². The molecule has 4 heteroatoms. The maximum Gasteiger partial charge on any atom is 0.303 e. The quantitative estimate of drug-likeness (QED) is 0.577. The summed E-state index contributed by atoms with van der Waals surface area (Å²) in [5, 5.41) is 8.34. The predicted molar refractivity (Wildman–Crippen MR) is 52.2 cm³/mol. The van der Waals surface area contributed by atoms with Crippen molar-refractivity contribution in [1.29, 1.82) is 0 Å². The van der Waals surface area contributed by atoms with Crippen LogP contribution in [0, 0.1) is 0 Å². The minimum absolute atomic E-state index is 0.0871. The van der Waals surface area contributed by atoms with Crippen molar-refractivity contribution in [3.8, 4) is 0 Å². The van der Waals surface area contributed by atoms with E-state index < -0.39 is 5.97 Å². The van der Waals surface area contributed by atoms with Crippen LogP contribution < -0.4 is 0 Å². The molecule has 82 valence electrons. The smallest absolute Gasteiger partial charge is 0.303 e. The van der Waals surface area contributed by atoms with E-state index in [-0.39, 0.29) is 12.2 Å². The van der Waals surface area contributed by atoms with Crippen molar-refractivity contribution in [2.45, 2.75) is 38.5 Å². The van der Waals surface area contributed by atoms with Gasteiger partial charge in [0.05, 0.1) is 0 Å². The fourth-order valence-corrected chi connectivity index (χ4v) is 1.13. The van der Waals surface area contributed by atoms with Gasteiger partial charge in [-0.1, -0.05) is 0 Å². The molecule has 0 aromatic carbocycles. The zero-order chi connectivity index (χ0) is 10.8. The molecule has 0 unspecified atom stereocenters. The molecule has 0 heterocycles. The van der Waals surface area contributed by atoms with Crippen molar-refractivity contribution in [2.75, 3.05) is 13.7 Å². The predicted octanol–water partition coefficient (Wildman–Crippen LogP) is 1.63. The van der Waals surface area contributed by atoms with Gasteiger partial charge in [-0.3, -0.25) is 9.59 Å². The van der Waals surface area contributed by atoms with Gasteiger partial charge in [-0.15, -0.1) is 0 Å². The Balaban J connectivity index is 3.24. The van der Waals surface area contributed by atoms with Crippen molar-refractivity contribution in [1.82, 2.24) is 0 Å². The topological polar surface area (TPSA) is 63.6 Å². The molecule has 0 radical (unpaired) electrons. The highest BCUT2D eigenvalue weighted by atomic mass is 16.5. The van der Waals surface area contributed by atoms with Crippen LogP contribution in [0.5, 0.6) is 0 Å². The minimum atomic E-state index is -0.836. The number of unbranched alkanes of at least 4 members (excludes halogenated alkanes) is 1. The van der Waals surface area contributed by atoms with Gasteiger partial charge < -0.3 is 9.84 Å². The van der Waals surface area contributed by atoms with Crippen LogP contribution in [-0.2, 0) is 14.3 Å². The number of ketones is 1. The van der Waals surface area contributed by atoms with Crippen LogP contribution in [0.2, 0.25) is 0 Å². The second-order valence-corrected chi connectivity index (χ2v) is 3.24. The number of hydrogen-bond acceptors (Lipinski definition) is 3. The molecule has 0 saturated heterocycles. The third-order valence-corrected chi connectivity index (χ3v) is 1.90. The van der Waals surface area contributed by atoms with E-state index in [2.05, 4.69) is 0 Å². The lowest BCUT2D eigenvalue weighted by Crippen LogP contribution is -2.01. The van der Waals surface area contributed by atoms with Crippen LogP contribution in [-0.4, -0.2) is 30.6 Å². The standard InChI is InChI=1S/C10H18O4/c1-14-8-3-2-5-9(11)6-4-7-10(12)13/h2-8H2,1H3,(H,12,13). The summed E-state index contributed by atoms with van der Waals surface area (Å²) in [5.74, 6) is -0.681. The van der Waals surface area contributed by atoms with Gasteiger partial charge in [0.25, 0.3) is 0 Å². The first-order chi connectivity index (χ1) is 6.66. The molecule has 0 amide bonds. The van der Waals surface area contributed by atoms with E-state index in [0.29, 0.717) is 25.9 Å². The molecule has 1 N–H and O–H groups in total. The van der Waals surface area contributed by atoms with Gasteiger partial charge in [0, 0.05) is 33.0 Å². The molecule has 4 nitrogen and oxygen atoms in total. The lowest BCUT2D eigenvalue weighted by molar-refractivity contribution is -0.137. The Hall–Kier alpha value is -0.900. The maximum absolute atomic E-state index is 11.2. The highest BCUT2D eigenvalue weighted by Crippen LogP contribution is 2.03. The third kappa shape index (κ3) is 9.19. The first-order valence-electron chi connectivity index (χ1n) is 4.89. The summed E-state index contributed by atoms with van der Waals surface area (Å²) in [7, 11) is 1.63. The lowest BCUT2D eigenvalue weighted by Gasteiger charge is -1.99. The van der Waals surface area contributed by atoms with Crippen molar-refractivity contribution < 1.29 is 19.4 Å². The number of rotatable bonds is 9. The summed E-state index contributed by atoms with van der Waals surface area (Å²) >= 11 is 0. The average Bonchev–Trinajstić information content (AvgIpc) is 2.12. The molecule has 0 aromatic heterocycles. The molecule has 0 rings (SSSR count). The van der Waals surface area contributed by atoms with Crippen LogP contribution in [0.25, 0.3) is 0 Å². The Labute approximate surface area is 84.3 Å². The first kappa shape index (κ1) is 13.1. The Morgan fingerprint density at radius 3 is 2.29 bits per heavy atom. The van der Waals surface area contributed by atoms with Gasteiger partial charge in [0.1, 0.15) is 5.78 Å². The summed E-state index contributed by atoms with van der Waals surface area (Å²) in [6.45, 7) is 0.683. The number of hydrogen-bond donors (Lipinski definition) is 1. The number of methoxy groups -OCH3 is 1. The Bertz CT molecular complexity index is 177. The van der Waals surface area contributed by atoms with E-state index in [4.69, 9.17) is 9.84 Å². The van der Waals surface area contributed by atoms with Crippen LogP contribution in [0.4, 0.5) is 0 Å². The molecule has 0 spiro atoms. The zero-order valence-electron chi connectivity index (χ0n) is 8.62. The van der Waals surface area contributed by atoms with E-state index in [1.807, 2.05) is 0 Å². The molecular formula is C10H18O4. The Morgan fingerprint density at radius 1 is 1.07 bits per heavy atom. The van der Waals surface area contributed by atoms with Gasteiger partial charge in [0.2, 0.25) is 0 Å². The summed E-state index contributed by atoms with van der Waals surface area (Å²) in [6, 6.07) is 0. The van der Waals surface area contributed by atoms with Gasteiger partial charge in [-0.05, 0) is 19.3 Å². The van der Waals surface area contributed by atoms with Crippen molar-refractivity contribution in [3.05, 3.63) is 0 Å². The summed E-state index contributed by atoms with van der Waals surface area (Å²) in [6.07, 6.45) is 3.20. The molecule has 0 aliphatic carbocycles. The van der Waals surface area contributed by atoms with Gasteiger partial charge in [0.15, 0.2) is 0 Å². The number of carboxylic acids is 1. The number of ether oxygens (including phenoxy) is 1. The molecule has 0 bridgehead atoms. The second-order valence-electron chi connectivity index (χ2n) is 3.24. The van der Waals surface area contributed by atoms with Crippen molar-refractivity contribution in [3.63, 3.8) is 0 Å². The lowest BCUT2D eigenvalue weighted by atomic mass is 10.1. The highest BCUT2D eigenvalue weighted by Gasteiger charge is 2.03. The molecule has 14 heavy (non-hydrogen) atoms. The largest absolute Gasteiger partial charge is 0.481 e. The van der Waals surface area contributed by atoms with Gasteiger partial charge >= 0.3 is 5.97 Å². The number of Topliss-reactive ketones (excluding diaryl/α,β-unsaturated/α-hetero) is 1. The fourth-order valence-electron chi connectivity index (χ4n) is 1.13. The number of carboxylic acid groups (broad SMARTS) is 1. The Morgan fingerprint density at radius 2 is 1.71 bits per heavy atom. The molecule has 0 saturated carbocycles. The molecule has 0 fully saturated rings. The van der Waals surface area contributed by atoms with Crippen LogP contribution in [0.3, 0.4) is 0 Å². The normalized spacial score (nSPS) is 10.1. The second kappa shape index (κ2) is 8.69. The highest BCUT2D eigenvalue weighted by molar-refractivity contribution is 5.78. The van der Waals surface area contributed by atoms with E-state index >= 15 is 0 Å².